The van der Waals surface area contributed by atoms with Crippen molar-refractivity contribution in [2.24, 2.45) is 17.8 Å². The van der Waals surface area contributed by atoms with Gasteiger partial charge in [0.05, 0.1) is 12.0 Å². The van der Waals surface area contributed by atoms with Crippen molar-refractivity contribution >= 4 is 41.1 Å². The number of rotatable bonds is 18. The van der Waals surface area contributed by atoms with E-state index in [1.165, 1.54) is 6.92 Å². The lowest BCUT2D eigenvalue weighted by Gasteiger charge is -2.30. The third-order valence-electron chi connectivity index (χ3n) is 8.91. The molecule has 49 heavy (non-hydrogen) atoms. The van der Waals surface area contributed by atoms with Gasteiger partial charge in [-0.2, -0.15) is 0 Å². The third-order valence-corrected chi connectivity index (χ3v) is 9.84. The smallest absolute Gasteiger partial charge is 0.329 e. The van der Waals surface area contributed by atoms with Crippen LogP contribution in [0.15, 0.2) is 35.7 Å². The Hall–Kier alpha value is -3.84. The number of nitrogens with one attached hydrogen (secondary N) is 3. The molecule has 3 rings (SSSR count). The van der Waals surface area contributed by atoms with E-state index >= 15 is 0 Å². The van der Waals surface area contributed by atoms with Crippen molar-refractivity contribution in [3.05, 3.63) is 52.0 Å². The second-order valence-corrected chi connectivity index (χ2v) is 14.2. The average Bonchev–Trinajstić information content (AvgIpc) is 3.57. The van der Waals surface area contributed by atoms with Crippen molar-refractivity contribution < 1.29 is 38.6 Å². The van der Waals surface area contributed by atoms with Gasteiger partial charge in [0.25, 0.3) is 5.91 Å². The number of hydrogen-bond acceptors (Lipinski definition) is 10. The summed E-state index contributed by atoms with van der Waals surface area (Å²) in [4.78, 5) is 68.3. The first-order valence-corrected chi connectivity index (χ1v) is 18.1. The van der Waals surface area contributed by atoms with Crippen LogP contribution in [0.2, 0.25) is 0 Å². The SMILES string of the molecule is CC[C@@H](C)[C@@H](NC(=O)[C@@H]1CCCCN1)C(=O)O[C@H](C[C@@H](OC(C)=O)c1nc(C(=O)N[C@@H](Cc2ccccc2)C[C@H](C)C(=O)O)cs1)C(C)C. The van der Waals surface area contributed by atoms with Crippen molar-refractivity contribution in [1.82, 2.24) is 20.9 Å². The van der Waals surface area contributed by atoms with Crippen LogP contribution in [0.5, 0.6) is 0 Å². The van der Waals surface area contributed by atoms with Gasteiger partial charge in [-0.15, -0.1) is 11.3 Å². The summed E-state index contributed by atoms with van der Waals surface area (Å²) in [5.74, 6) is -3.80. The summed E-state index contributed by atoms with van der Waals surface area (Å²) in [6.45, 7) is 11.2. The number of esters is 2. The van der Waals surface area contributed by atoms with Crippen LogP contribution in [-0.2, 0) is 35.1 Å². The molecule has 13 heteroatoms. The minimum Gasteiger partial charge on any atom is -0.481 e. The van der Waals surface area contributed by atoms with Crippen LogP contribution < -0.4 is 16.0 Å². The zero-order valence-corrected chi connectivity index (χ0v) is 30.2. The Labute approximate surface area is 293 Å². The van der Waals surface area contributed by atoms with Crippen LogP contribution in [0, 0.1) is 17.8 Å². The van der Waals surface area contributed by atoms with Crippen LogP contribution in [-0.4, -0.2) is 70.6 Å². The summed E-state index contributed by atoms with van der Waals surface area (Å²) < 4.78 is 11.7. The number of aliphatic carboxylic acids is 1. The topological polar surface area (TPSA) is 173 Å². The average molecular weight is 701 g/mol. The van der Waals surface area contributed by atoms with Gasteiger partial charge in [0.1, 0.15) is 22.8 Å². The van der Waals surface area contributed by atoms with Gasteiger partial charge in [-0.05, 0) is 49.6 Å². The van der Waals surface area contributed by atoms with Crippen LogP contribution in [0.4, 0.5) is 0 Å². The number of hydrogen-bond donors (Lipinski definition) is 4. The first-order valence-electron chi connectivity index (χ1n) is 17.2. The molecule has 270 valence electrons. The Bertz CT molecular complexity index is 1390. The lowest BCUT2D eigenvalue weighted by Crippen LogP contribution is -2.54. The van der Waals surface area contributed by atoms with Crippen molar-refractivity contribution in [3.8, 4) is 0 Å². The zero-order valence-electron chi connectivity index (χ0n) is 29.4. The molecule has 0 spiro atoms. The molecule has 2 amide bonds. The number of benzene rings is 1. The maximum atomic E-state index is 13.6. The molecule has 0 saturated carbocycles. The second kappa shape index (κ2) is 19.4. The Morgan fingerprint density at radius 3 is 2.33 bits per heavy atom. The van der Waals surface area contributed by atoms with E-state index in [9.17, 15) is 29.1 Å². The van der Waals surface area contributed by atoms with E-state index in [1.54, 1.807) is 12.3 Å². The number of ether oxygens (including phenoxy) is 2. The third kappa shape index (κ3) is 12.5. The van der Waals surface area contributed by atoms with Gasteiger partial charge >= 0.3 is 17.9 Å². The molecular formula is C36H52N4O8S. The fourth-order valence-corrected chi connectivity index (χ4v) is 6.55. The molecule has 1 saturated heterocycles. The molecule has 1 aromatic heterocycles. The summed E-state index contributed by atoms with van der Waals surface area (Å²) >= 11 is 1.14. The molecule has 1 aliphatic heterocycles. The van der Waals surface area contributed by atoms with Crippen molar-refractivity contribution in [3.63, 3.8) is 0 Å². The summed E-state index contributed by atoms with van der Waals surface area (Å²) in [6, 6.07) is 7.82. The zero-order chi connectivity index (χ0) is 36.1. The van der Waals surface area contributed by atoms with Gasteiger partial charge in [0.2, 0.25) is 5.91 Å². The highest BCUT2D eigenvalue weighted by atomic mass is 32.1. The van der Waals surface area contributed by atoms with Crippen molar-refractivity contribution in [2.75, 3.05) is 6.54 Å². The fourth-order valence-electron chi connectivity index (χ4n) is 5.71. The molecule has 0 unspecified atom stereocenters. The highest BCUT2D eigenvalue weighted by molar-refractivity contribution is 7.09. The molecule has 7 atom stereocenters. The minimum absolute atomic E-state index is 0.0929. The van der Waals surface area contributed by atoms with Crippen molar-refractivity contribution in [1.29, 1.82) is 0 Å². The number of carboxylic acids is 1. The summed E-state index contributed by atoms with van der Waals surface area (Å²) in [5, 5.41) is 20.5. The number of aromatic nitrogens is 1. The van der Waals surface area contributed by atoms with E-state index in [0.717, 1.165) is 36.3 Å². The molecular weight excluding hydrogens is 648 g/mol. The number of carbonyl (C=O) groups excluding carboxylic acids is 4. The quantitative estimate of drug-likeness (QED) is 0.158. The Kier molecular flexibility index (Phi) is 15.7. The Balaban J connectivity index is 1.76. The van der Waals surface area contributed by atoms with Crippen LogP contribution in [0.3, 0.4) is 0 Å². The minimum atomic E-state index is -0.952. The van der Waals surface area contributed by atoms with Gasteiger partial charge in [-0.3, -0.25) is 19.2 Å². The summed E-state index contributed by atoms with van der Waals surface area (Å²) in [5.41, 5.74) is 1.06. The van der Waals surface area contributed by atoms with E-state index in [0.29, 0.717) is 24.3 Å². The van der Waals surface area contributed by atoms with Crippen LogP contribution >= 0.6 is 11.3 Å². The molecule has 0 radical (unpaired) electrons. The standard InChI is InChI=1S/C36H52N4O8S/c1-7-22(4)31(40-32(42)27-15-11-12-16-37-27)36(46)48-29(21(2)3)19-30(47-24(6)41)34-39-28(20-49-34)33(43)38-26(17-23(5)35(44)45)18-25-13-9-8-10-14-25/h8-10,13-14,20-23,26-27,29-31,37H,7,11-12,15-19H2,1-6H3,(H,38,43)(H,40,42)(H,44,45)/t22-,23+,26-,27+,29-,30-,31-/m1/s1. The van der Waals surface area contributed by atoms with E-state index in [-0.39, 0.29) is 42.3 Å². The van der Waals surface area contributed by atoms with Crippen LogP contribution in [0.25, 0.3) is 0 Å². The molecule has 2 heterocycles. The number of amides is 2. The van der Waals surface area contributed by atoms with Crippen LogP contribution in [0.1, 0.15) is 107 Å². The predicted molar refractivity (Wildman–Crippen MR) is 186 cm³/mol. The molecule has 0 bridgehead atoms. The number of piperidine rings is 1. The molecule has 1 aromatic carbocycles. The first kappa shape index (κ1) is 39.6. The number of nitrogens with zero attached hydrogens (tertiary/aromatic N) is 1. The van der Waals surface area contributed by atoms with Gasteiger partial charge in [-0.25, -0.2) is 9.78 Å². The predicted octanol–water partition coefficient (Wildman–Crippen LogP) is 4.83. The monoisotopic (exact) mass is 700 g/mol. The van der Waals surface area contributed by atoms with E-state index < -0.39 is 54.0 Å². The maximum absolute atomic E-state index is 13.6. The number of carboxylic acid groups (broad SMARTS) is 1. The summed E-state index contributed by atoms with van der Waals surface area (Å²) in [7, 11) is 0. The van der Waals surface area contributed by atoms with Gasteiger partial charge in [0, 0.05) is 24.8 Å². The molecule has 1 fully saturated rings. The molecule has 0 aliphatic carbocycles. The summed E-state index contributed by atoms with van der Waals surface area (Å²) in [6.07, 6.45) is 2.45. The number of thiazole rings is 1. The first-order chi connectivity index (χ1) is 23.3. The van der Waals surface area contributed by atoms with E-state index in [1.807, 2.05) is 58.0 Å². The molecule has 4 N–H and O–H groups in total. The van der Waals surface area contributed by atoms with E-state index in [4.69, 9.17) is 9.47 Å². The highest BCUT2D eigenvalue weighted by Gasteiger charge is 2.35. The lowest BCUT2D eigenvalue weighted by atomic mass is 9.96. The normalized spacial score (nSPS) is 18.3. The van der Waals surface area contributed by atoms with Gasteiger partial charge < -0.3 is 30.5 Å². The number of carbonyl (C=O) groups is 5. The fraction of sp³-hybridized carbons (Fsp3) is 0.611. The van der Waals surface area contributed by atoms with E-state index in [2.05, 4.69) is 20.9 Å². The van der Waals surface area contributed by atoms with Crippen molar-refractivity contribution in [2.45, 2.75) is 117 Å². The Morgan fingerprint density at radius 1 is 1.02 bits per heavy atom. The van der Waals surface area contributed by atoms with Gasteiger partial charge in [0.15, 0.2) is 6.10 Å². The highest BCUT2D eigenvalue weighted by Crippen LogP contribution is 2.30. The molecule has 12 nitrogen and oxygen atoms in total. The molecule has 2 aromatic rings. The lowest BCUT2D eigenvalue weighted by molar-refractivity contribution is -0.161. The maximum Gasteiger partial charge on any atom is 0.329 e. The largest absolute Gasteiger partial charge is 0.481 e. The Morgan fingerprint density at radius 2 is 1.73 bits per heavy atom. The van der Waals surface area contributed by atoms with Gasteiger partial charge in [-0.1, -0.05) is 77.8 Å². The molecule has 1 aliphatic rings. The second-order valence-electron chi connectivity index (χ2n) is 13.3.